The number of carbonyl (C=O) groups excluding carboxylic acids is 2. The van der Waals surface area contributed by atoms with Gasteiger partial charge in [-0.1, -0.05) is 11.6 Å². The quantitative estimate of drug-likeness (QED) is 0.745. The summed E-state index contributed by atoms with van der Waals surface area (Å²) in [6, 6.07) is 0.869. The standard InChI is InChI=1S/C20H28ClF3N4O2/c1-5-27(12-16(29)26-19(2,3)4)18(30)13-6-8-28(9-7-13)17-15(21)10-14(11-25-17)20(22,23)24/h10-11,13H,5-9,12H2,1-4H3,(H,26,29). The minimum atomic E-state index is -4.50. The molecular weight excluding hydrogens is 421 g/mol. The number of carbonyl (C=O) groups is 2. The summed E-state index contributed by atoms with van der Waals surface area (Å²) in [6.45, 7) is 8.75. The van der Waals surface area contributed by atoms with Gasteiger partial charge in [-0.05, 0) is 46.6 Å². The van der Waals surface area contributed by atoms with Gasteiger partial charge in [0, 0.05) is 37.3 Å². The van der Waals surface area contributed by atoms with E-state index in [4.69, 9.17) is 11.6 Å². The van der Waals surface area contributed by atoms with Gasteiger partial charge in [-0.3, -0.25) is 9.59 Å². The van der Waals surface area contributed by atoms with E-state index in [1.54, 1.807) is 4.90 Å². The van der Waals surface area contributed by atoms with Gasteiger partial charge in [0.05, 0.1) is 17.1 Å². The molecule has 168 valence electrons. The molecule has 2 heterocycles. The Morgan fingerprint density at radius 2 is 1.87 bits per heavy atom. The first-order chi connectivity index (χ1) is 13.8. The van der Waals surface area contributed by atoms with Gasteiger partial charge in [-0.25, -0.2) is 4.98 Å². The highest BCUT2D eigenvalue weighted by atomic mass is 35.5. The molecule has 2 rings (SSSR count). The first-order valence-corrected chi connectivity index (χ1v) is 10.3. The number of nitrogens with one attached hydrogen (secondary N) is 1. The van der Waals surface area contributed by atoms with Crippen LogP contribution in [0, 0.1) is 5.92 Å². The summed E-state index contributed by atoms with van der Waals surface area (Å²) < 4.78 is 38.4. The van der Waals surface area contributed by atoms with Gasteiger partial charge in [-0.2, -0.15) is 13.2 Å². The van der Waals surface area contributed by atoms with E-state index in [9.17, 15) is 22.8 Å². The SMILES string of the molecule is CCN(CC(=O)NC(C)(C)C)C(=O)C1CCN(c2ncc(C(F)(F)F)cc2Cl)CC1. The van der Waals surface area contributed by atoms with Crippen molar-refractivity contribution >= 4 is 29.2 Å². The molecule has 0 unspecified atom stereocenters. The van der Waals surface area contributed by atoms with Crippen LogP contribution in [-0.4, -0.2) is 53.4 Å². The minimum Gasteiger partial charge on any atom is -0.355 e. The third-order valence-electron chi connectivity index (χ3n) is 4.84. The first-order valence-electron chi connectivity index (χ1n) is 9.89. The molecule has 0 saturated carbocycles. The van der Waals surface area contributed by atoms with Gasteiger partial charge in [0.1, 0.15) is 5.82 Å². The largest absolute Gasteiger partial charge is 0.417 e. The van der Waals surface area contributed by atoms with Crippen LogP contribution in [-0.2, 0) is 15.8 Å². The summed E-state index contributed by atoms with van der Waals surface area (Å²) >= 11 is 6.03. The van der Waals surface area contributed by atoms with Crippen molar-refractivity contribution in [1.29, 1.82) is 0 Å². The summed E-state index contributed by atoms with van der Waals surface area (Å²) in [5.74, 6) is -0.270. The number of piperidine rings is 1. The van der Waals surface area contributed by atoms with Crippen LogP contribution in [0.1, 0.15) is 46.1 Å². The molecular formula is C20H28ClF3N4O2. The molecule has 1 aliphatic rings. The summed E-state index contributed by atoms with van der Waals surface area (Å²) in [5.41, 5.74) is -1.27. The Balaban J connectivity index is 1.97. The molecule has 1 aromatic heterocycles. The topological polar surface area (TPSA) is 65.5 Å². The van der Waals surface area contributed by atoms with Gasteiger partial charge in [0.2, 0.25) is 11.8 Å². The number of halogens is 4. The highest BCUT2D eigenvalue weighted by Crippen LogP contribution is 2.34. The molecule has 0 bridgehead atoms. The number of nitrogens with zero attached hydrogens (tertiary/aromatic N) is 3. The minimum absolute atomic E-state index is 0.000887. The third-order valence-corrected chi connectivity index (χ3v) is 5.11. The van der Waals surface area contributed by atoms with Gasteiger partial charge >= 0.3 is 6.18 Å². The maximum absolute atomic E-state index is 12.9. The van der Waals surface area contributed by atoms with Crippen LogP contribution in [0.4, 0.5) is 19.0 Å². The third kappa shape index (κ3) is 6.48. The molecule has 10 heteroatoms. The van der Waals surface area contributed by atoms with E-state index in [0.717, 1.165) is 12.3 Å². The van der Waals surface area contributed by atoms with Gasteiger partial charge in [0.15, 0.2) is 0 Å². The van der Waals surface area contributed by atoms with Crippen LogP contribution in [0.25, 0.3) is 0 Å². The maximum Gasteiger partial charge on any atom is 0.417 e. The summed E-state index contributed by atoms with van der Waals surface area (Å²) in [5, 5.41) is 2.78. The van der Waals surface area contributed by atoms with Crippen LogP contribution < -0.4 is 10.2 Å². The fraction of sp³-hybridized carbons (Fsp3) is 0.650. The molecule has 1 saturated heterocycles. The van der Waals surface area contributed by atoms with Crippen LogP contribution >= 0.6 is 11.6 Å². The molecule has 0 spiro atoms. The molecule has 6 nitrogen and oxygen atoms in total. The Kier molecular flexibility index (Phi) is 7.60. The average Bonchev–Trinajstić information content (AvgIpc) is 2.63. The summed E-state index contributed by atoms with van der Waals surface area (Å²) in [4.78, 5) is 32.2. The van der Waals surface area contributed by atoms with Crippen LogP contribution in [0.3, 0.4) is 0 Å². The van der Waals surface area contributed by atoms with Crippen molar-refractivity contribution in [2.24, 2.45) is 5.92 Å². The zero-order valence-corrected chi connectivity index (χ0v) is 18.4. The van der Waals surface area contributed by atoms with Crippen molar-refractivity contribution < 1.29 is 22.8 Å². The highest BCUT2D eigenvalue weighted by molar-refractivity contribution is 6.33. The van der Waals surface area contributed by atoms with Crippen molar-refractivity contribution in [3.05, 3.63) is 22.8 Å². The fourth-order valence-corrected chi connectivity index (χ4v) is 3.68. The maximum atomic E-state index is 12.9. The molecule has 1 fully saturated rings. The zero-order valence-electron chi connectivity index (χ0n) is 17.6. The predicted molar refractivity (Wildman–Crippen MR) is 109 cm³/mol. The zero-order chi connectivity index (χ0) is 22.7. The van der Waals surface area contributed by atoms with E-state index in [1.165, 1.54) is 4.90 Å². The lowest BCUT2D eigenvalue weighted by Crippen LogP contribution is -2.49. The number of hydrogen-bond donors (Lipinski definition) is 1. The van der Waals surface area contributed by atoms with Crippen molar-refractivity contribution in [3.63, 3.8) is 0 Å². The van der Waals surface area contributed by atoms with E-state index in [-0.39, 0.29) is 40.7 Å². The fourth-order valence-electron chi connectivity index (χ4n) is 3.39. The van der Waals surface area contributed by atoms with Crippen LogP contribution in [0.2, 0.25) is 5.02 Å². The van der Waals surface area contributed by atoms with Crippen LogP contribution in [0.5, 0.6) is 0 Å². The van der Waals surface area contributed by atoms with Crippen molar-refractivity contribution in [3.8, 4) is 0 Å². The van der Waals surface area contributed by atoms with Crippen molar-refractivity contribution in [2.45, 2.75) is 52.3 Å². The number of likely N-dealkylation sites (N-methyl/N-ethyl adjacent to an activating group) is 1. The second-order valence-corrected chi connectivity index (χ2v) is 8.85. The Morgan fingerprint density at radius 3 is 2.33 bits per heavy atom. The predicted octanol–water partition coefficient (Wildman–Crippen LogP) is 3.73. The average molecular weight is 449 g/mol. The van der Waals surface area contributed by atoms with E-state index in [0.29, 0.717) is 32.5 Å². The second-order valence-electron chi connectivity index (χ2n) is 8.44. The number of aromatic nitrogens is 1. The lowest BCUT2D eigenvalue weighted by molar-refractivity contribution is -0.140. The Hall–Kier alpha value is -2.03. The van der Waals surface area contributed by atoms with E-state index < -0.39 is 11.7 Å². The molecule has 0 aromatic carbocycles. The van der Waals surface area contributed by atoms with E-state index >= 15 is 0 Å². The number of rotatable bonds is 5. The number of hydrogen-bond acceptors (Lipinski definition) is 4. The molecule has 0 atom stereocenters. The highest BCUT2D eigenvalue weighted by Gasteiger charge is 2.33. The van der Waals surface area contributed by atoms with Gasteiger partial charge < -0.3 is 15.1 Å². The number of pyridine rings is 1. The number of amides is 2. The molecule has 2 amide bonds. The normalized spacial score (nSPS) is 15.8. The molecule has 1 aliphatic heterocycles. The van der Waals surface area contributed by atoms with E-state index in [1.807, 2.05) is 27.7 Å². The first kappa shape index (κ1) is 24.2. The number of anilines is 1. The molecule has 0 aliphatic carbocycles. The Labute approximate surface area is 179 Å². The number of alkyl halides is 3. The molecule has 1 aromatic rings. The van der Waals surface area contributed by atoms with Gasteiger partial charge in [0.25, 0.3) is 0 Å². The smallest absolute Gasteiger partial charge is 0.355 e. The van der Waals surface area contributed by atoms with Gasteiger partial charge in [-0.15, -0.1) is 0 Å². The van der Waals surface area contributed by atoms with Crippen molar-refractivity contribution in [2.75, 3.05) is 31.1 Å². The van der Waals surface area contributed by atoms with Crippen LogP contribution in [0.15, 0.2) is 12.3 Å². The lowest BCUT2D eigenvalue weighted by Gasteiger charge is -2.35. The summed E-state index contributed by atoms with van der Waals surface area (Å²) in [6.07, 6.45) is -2.72. The molecule has 30 heavy (non-hydrogen) atoms. The monoisotopic (exact) mass is 448 g/mol. The summed E-state index contributed by atoms with van der Waals surface area (Å²) in [7, 11) is 0. The Morgan fingerprint density at radius 1 is 1.27 bits per heavy atom. The Bertz CT molecular complexity index is 772. The van der Waals surface area contributed by atoms with Crippen molar-refractivity contribution in [1.82, 2.24) is 15.2 Å². The lowest BCUT2D eigenvalue weighted by atomic mass is 9.95. The molecule has 0 radical (unpaired) electrons. The van der Waals surface area contributed by atoms with E-state index in [2.05, 4.69) is 10.3 Å². The second kappa shape index (κ2) is 9.41. The molecule has 1 N–H and O–H groups in total.